The number of quaternary nitrogens is 1. The molecule has 5 heteroatoms. The maximum atomic E-state index is 10.9. The van der Waals surface area contributed by atoms with Crippen molar-refractivity contribution in [1.29, 1.82) is 0 Å². The maximum Gasteiger partial charge on any atom is 0.362 e. The first-order valence-electron chi connectivity index (χ1n) is 4.98. The highest BCUT2D eigenvalue weighted by atomic mass is 16.5. The molecule has 0 radical (unpaired) electrons. The topological polar surface area (TPSA) is 63.6 Å². The molecule has 1 N–H and O–H groups in total. The fourth-order valence-corrected chi connectivity index (χ4v) is 1.23. The van der Waals surface area contributed by atoms with Gasteiger partial charge >= 0.3 is 11.9 Å². The molecule has 0 aliphatic rings. The molecule has 88 valence electrons. The fourth-order valence-electron chi connectivity index (χ4n) is 1.23. The lowest BCUT2D eigenvalue weighted by Crippen LogP contribution is -2.50. The highest BCUT2D eigenvalue weighted by Gasteiger charge is 2.31. The number of aliphatic carboxylic acids is 1. The number of likely N-dealkylation sites (N-methyl/N-ethyl adjacent to an activating group) is 1. The Morgan fingerprint density at radius 3 is 2.20 bits per heavy atom. The zero-order valence-electron chi connectivity index (χ0n) is 9.82. The third kappa shape index (κ3) is 5.37. The van der Waals surface area contributed by atoms with Crippen LogP contribution in [-0.4, -0.2) is 55.3 Å². The second-order valence-corrected chi connectivity index (χ2v) is 4.33. The second-order valence-electron chi connectivity index (χ2n) is 4.33. The molecule has 0 bridgehead atoms. The number of nitrogens with zero attached hydrogens (tertiary/aromatic N) is 1. The highest BCUT2D eigenvalue weighted by molar-refractivity contribution is 5.72. The lowest BCUT2D eigenvalue weighted by molar-refractivity contribution is -0.887. The molecule has 0 heterocycles. The van der Waals surface area contributed by atoms with Crippen molar-refractivity contribution in [2.45, 2.75) is 25.8 Å². The van der Waals surface area contributed by atoms with E-state index in [1.165, 1.54) is 0 Å². The summed E-state index contributed by atoms with van der Waals surface area (Å²) in [6, 6.07) is -0.547. The standard InChI is InChI=1S/C10H19NO4/c1-5-9(12)15-7-6-8(10(13)14)11(2,3)4/h8H,5-7H2,1-4H3/p+1. The number of rotatable bonds is 6. The number of esters is 1. The van der Waals surface area contributed by atoms with Gasteiger partial charge in [0.1, 0.15) is 0 Å². The van der Waals surface area contributed by atoms with Crippen LogP contribution in [0.2, 0.25) is 0 Å². The van der Waals surface area contributed by atoms with E-state index in [4.69, 9.17) is 9.84 Å². The Morgan fingerprint density at radius 1 is 1.33 bits per heavy atom. The molecule has 0 aromatic heterocycles. The van der Waals surface area contributed by atoms with E-state index in [1.807, 2.05) is 0 Å². The molecule has 0 aromatic carbocycles. The number of carboxylic acid groups (broad SMARTS) is 1. The van der Waals surface area contributed by atoms with Crippen LogP contribution in [0.4, 0.5) is 0 Å². The van der Waals surface area contributed by atoms with Crippen LogP contribution in [0.3, 0.4) is 0 Å². The normalized spacial score (nSPS) is 13.3. The molecule has 0 aliphatic heterocycles. The number of ether oxygens (including phenoxy) is 1. The van der Waals surface area contributed by atoms with Gasteiger partial charge in [-0.05, 0) is 0 Å². The molecule has 0 saturated heterocycles. The Kier molecular flexibility index (Phi) is 5.28. The monoisotopic (exact) mass is 218 g/mol. The third-order valence-electron chi connectivity index (χ3n) is 2.16. The van der Waals surface area contributed by atoms with Gasteiger partial charge in [-0.3, -0.25) is 4.79 Å². The minimum absolute atomic E-state index is 0.166. The maximum absolute atomic E-state index is 10.9. The average Bonchev–Trinajstić information content (AvgIpc) is 2.09. The van der Waals surface area contributed by atoms with Crippen LogP contribution < -0.4 is 0 Å². The molecule has 1 atom stereocenters. The summed E-state index contributed by atoms with van der Waals surface area (Å²) >= 11 is 0. The van der Waals surface area contributed by atoms with Crippen LogP contribution in [-0.2, 0) is 14.3 Å². The quantitative estimate of drug-likeness (QED) is 0.520. The van der Waals surface area contributed by atoms with E-state index in [0.29, 0.717) is 17.3 Å². The zero-order chi connectivity index (χ0) is 12.1. The van der Waals surface area contributed by atoms with E-state index in [1.54, 1.807) is 28.1 Å². The van der Waals surface area contributed by atoms with E-state index in [2.05, 4.69) is 0 Å². The summed E-state index contributed by atoms with van der Waals surface area (Å²) in [6.07, 6.45) is 0.659. The van der Waals surface area contributed by atoms with Crippen LogP contribution in [0.1, 0.15) is 19.8 Å². The van der Waals surface area contributed by atoms with Gasteiger partial charge in [0.05, 0.1) is 27.7 Å². The Bertz CT molecular complexity index is 232. The Morgan fingerprint density at radius 2 is 1.87 bits per heavy atom. The molecule has 0 aliphatic carbocycles. The summed E-state index contributed by atoms with van der Waals surface area (Å²) in [5, 5.41) is 8.98. The molecular formula is C10H20NO4+. The molecular weight excluding hydrogens is 198 g/mol. The zero-order valence-corrected chi connectivity index (χ0v) is 9.82. The molecule has 0 amide bonds. The van der Waals surface area contributed by atoms with Gasteiger partial charge < -0.3 is 14.3 Å². The van der Waals surface area contributed by atoms with E-state index in [0.717, 1.165) is 0 Å². The number of hydrogen-bond donors (Lipinski definition) is 1. The molecule has 5 nitrogen and oxygen atoms in total. The highest BCUT2D eigenvalue weighted by Crippen LogP contribution is 2.08. The third-order valence-corrected chi connectivity index (χ3v) is 2.16. The van der Waals surface area contributed by atoms with Crippen molar-refractivity contribution in [1.82, 2.24) is 0 Å². The minimum atomic E-state index is -0.866. The lowest BCUT2D eigenvalue weighted by Gasteiger charge is -2.30. The van der Waals surface area contributed by atoms with Crippen molar-refractivity contribution in [3.05, 3.63) is 0 Å². The number of carbonyl (C=O) groups is 2. The van der Waals surface area contributed by atoms with E-state index in [-0.39, 0.29) is 12.6 Å². The fraction of sp³-hybridized carbons (Fsp3) is 0.800. The summed E-state index contributed by atoms with van der Waals surface area (Å²) in [6.45, 7) is 1.87. The Labute approximate surface area is 90.2 Å². The summed E-state index contributed by atoms with van der Waals surface area (Å²) in [4.78, 5) is 21.8. The molecule has 0 rings (SSSR count). The van der Waals surface area contributed by atoms with Gasteiger partial charge in [0.15, 0.2) is 6.04 Å². The molecule has 0 spiro atoms. The molecule has 0 fully saturated rings. The summed E-state index contributed by atoms with van der Waals surface area (Å²) in [5.74, 6) is -1.16. The van der Waals surface area contributed by atoms with E-state index < -0.39 is 12.0 Å². The van der Waals surface area contributed by atoms with Gasteiger partial charge in [-0.15, -0.1) is 0 Å². The van der Waals surface area contributed by atoms with Crippen LogP contribution >= 0.6 is 0 Å². The van der Waals surface area contributed by atoms with Gasteiger partial charge in [0.2, 0.25) is 0 Å². The number of carbonyl (C=O) groups excluding carboxylic acids is 1. The van der Waals surface area contributed by atoms with Crippen LogP contribution in [0.15, 0.2) is 0 Å². The SMILES string of the molecule is CCC(=O)OCCC(C(=O)O)[N+](C)(C)C. The summed E-state index contributed by atoms with van der Waals surface area (Å²) in [7, 11) is 5.42. The predicted molar refractivity (Wildman–Crippen MR) is 55.3 cm³/mol. The predicted octanol–water partition coefficient (Wildman–Crippen LogP) is 0.489. The van der Waals surface area contributed by atoms with Crippen LogP contribution in [0, 0.1) is 0 Å². The van der Waals surface area contributed by atoms with Gasteiger partial charge in [-0.25, -0.2) is 4.79 Å². The molecule has 0 aromatic rings. The van der Waals surface area contributed by atoms with Gasteiger partial charge in [-0.2, -0.15) is 0 Å². The van der Waals surface area contributed by atoms with Gasteiger partial charge in [0.25, 0.3) is 0 Å². The van der Waals surface area contributed by atoms with Crippen molar-refractivity contribution in [2.24, 2.45) is 0 Å². The molecule has 1 unspecified atom stereocenters. The molecule has 0 saturated carbocycles. The van der Waals surface area contributed by atoms with Crippen LogP contribution in [0.25, 0.3) is 0 Å². The Balaban J connectivity index is 4.10. The van der Waals surface area contributed by atoms with Crippen LogP contribution in [0.5, 0.6) is 0 Å². The number of hydrogen-bond acceptors (Lipinski definition) is 3. The first-order valence-corrected chi connectivity index (χ1v) is 4.98. The second kappa shape index (κ2) is 5.70. The average molecular weight is 218 g/mol. The van der Waals surface area contributed by atoms with Crippen molar-refractivity contribution in [3.63, 3.8) is 0 Å². The van der Waals surface area contributed by atoms with Crippen molar-refractivity contribution in [3.8, 4) is 0 Å². The van der Waals surface area contributed by atoms with E-state index >= 15 is 0 Å². The van der Waals surface area contributed by atoms with Gasteiger partial charge in [-0.1, -0.05) is 6.92 Å². The molecule has 15 heavy (non-hydrogen) atoms. The first-order chi connectivity index (χ1) is 6.79. The lowest BCUT2D eigenvalue weighted by atomic mass is 10.1. The van der Waals surface area contributed by atoms with E-state index in [9.17, 15) is 9.59 Å². The minimum Gasteiger partial charge on any atom is -0.477 e. The summed E-state index contributed by atoms with van der Waals surface area (Å²) < 4.78 is 5.17. The number of carboxylic acids is 1. The van der Waals surface area contributed by atoms with Crippen molar-refractivity contribution >= 4 is 11.9 Å². The van der Waals surface area contributed by atoms with Crippen molar-refractivity contribution in [2.75, 3.05) is 27.7 Å². The van der Waals surface area contributed by atoms with Crippen molar-refractivity contribution < 1.29 is 23.9 Å². The smallest absolute Gasteiger partial charge is 0.362 e. The van der Waals surface area contributed by atoms with Gasteiger partial charge in [0, 0.05) is 12.8 Å². The summed E-state index contributed by atoms with van der Waals surface area (Å²) in [5.41, 5.74) is 0. The largest absolute Gasteiger partial charge is 0.477 e. The Hall–Kier alpha value is -1.10. The first kappa shape index (κ1) is 13.9.